The average Bonchev–Trinajstić information content (AvgIpc) is 2.90. The first-order valence-corrected chi connectivity index (χ1v) is 7.30. The average molecular weight is 272 g/mol. The molecule has 2 aliphatic heterocycles. The standard InChI is InChI=1S/C15H20N4O/c16-10-12-2-1-6-17-15(12)18-7-8-19-13(5-9-20)3-4-14(19)11-18/h1-2,6,13-14,20H,3-5,7-9,11H2. The van der Waals surface area contributed by atoms with E-state index in [1.54, 1.807) is 6.20 Å². The zero-order chi connectivity index (χ0) is 13.9. The van der Waals surface area contributed by atoms with Crippen LogP contribution in [0.4, 0.5) is 5.82 Å². The molecule has 3 heterocycles. The third-order valence-corrected chi connectivity index (χ3v) is 4.50. The lowest BCUT2D eigenvalue weighted by Crippen LogP contribution is -2.53. The van der Waals surface area contributed by atoms with E-state index >= 15 is 0 Å². The van der Waals surface area contributed by atoms with Crippen molar-refractivity contribution in [3.63, 3.8) is 0 Å². The van der Waals surface area contributed by atoms with Gasteiger partial charge in [0.15, 0.2) is 0 Å². The topological polar surface area (TPSA) is 63.4 Å². The molecule has 5 nitrogen and oxygen atoms in total. The molecule has 0 spiro atoms. The molecule has 106 valence electrons. The lowest BCUT2D eigenvalue weighted by atomic mass is 10.1. The van der Waals surface area contributed by atoms with E-state index in [0.29, 0.717) is 17.6 Å². The molecule has 2 fully saturated rings. The van der Waals surface area contributed by atoms with Crippen LogP contribution in [0.25, 0.3) is 0 Å². The molecule has 0 radical (unpaired) electrons. The van der Waals surface area contributed by atoms with Gasteiger partial charge in [-0.25, -0.2) is 4.98 Å². The first kappa shape index (κ1) is 13.3. The number of hydrogen-bond donors (Lipinski definition) is 1. The van der Waals surface area contributed by atoms with Gasteiger partial charge >= 0.3 is 0 Å². The van der Waals surface area contributed by atoms with Gasteiger partial charge in [-0.15, -0.1) is 0 Å². The quantitative estimate of drug-likeness (QED) is 0.889. The molecular weight excluding hydrogens is 252 g/mol. The van der Waals surface area contributed by atoms with Gasteiger partial charge in [-0.2, -0.15) is 5.26 Å². The van der Waals surface area contributed by atoms with Gasteiger partial charge in [-0.05, 0) is 31.4 Å². The zero-order valence-electron chi connectivity index (χ0n) is 11.6. The van der Waals surface area contributed by atoms with Crippen LogP contribution in [0.1, 0.15) is 24.8 Å². The van der Waals surface area contributed by atoms with Crippen molar-refractivity contribution >= 4 is 5.82 Å². The van der Waals surface area contributed by atoms with Crippen molar-refractivity contribution in [1.82, 2.24) is 9.88 Å². The Kier molecular flexibility index (Phi) is 3.86. The van der Waals surface area contributed by atoms with Crippen molar-refractivity contribution in [3.05, 3.63) is 23.9 Å². The number of pyridine rings is 1. The Hall–Kier alpha value is -1.64. The molecule has 0 saturated carbocycles. The maximum absolute atomic E-state index is 9.19. The summed E-state index contributed by atoms with van der Waals surface area (Å²) in [5.74, 6) is 0.820. The van der Waals surface area contributed by atoms with Gasteiger partial charge in [0.2, 0.25) is 0 Å². The van der Waals surface area contributed by atoms with Crippen LogP contribution in [0.5, 0.6) is 0 Å². The maximum atomic E-state index is 9.19. The summed E-state index contributed by atoms with van der Waals surface area (Å²) in [7, 11) is 0. The summed E-state index contributed by atoms with van der Waals surface area (Å²) < 4.78 is 0. The molecule has 20 heavy (non-hydrogen) atoms. The molecule has 2 saturated heterocycles. The fourth-order valence-electron chi connectivity index (χ4n) is 3.55. The van der Waals surface area contributed by atoms with Crippen molar-refractivity contribution in [1.29, 1.82) is 5.26 Å². The lowest BCUT2D eigenvalue weighted by molar-refractivity contribution is 0.147. The Morgan fingerprint density at radius 1 is 1.40 bits per heavy atom. The number of aromatic nitrogens is 1. The molecule has 0 aliphatic carbocycles. The van der Waals surface area contributed by atoms with Gasteiger partial charge in [0.25, 0.3) is 0 Å². The summed E-state index contributed by atoms with van der Waals surface area (Å²) in [4.78, 5) is 9.15. The molecule has 2 aliphatic rings. The second-order valence-electron chi connectivity index (χ2n) is 5.57. The Morgan fingerprint density at radius 2 is 2.30 bits per heavy atom. The van der Waals surface area contributed by atoms with Gasteiger partial charge in [-0.1, -0.05) is 0 Å². The summed E-state index contributed by atoms with van der Waals surface area (Å²) in [6.07, 6.45) is 4.98. The fraction of sp³-hybridized carbons (Fsp3) is 0.600. The van der Waals surface area contributed by atoms with Crippen LogP contribution in [-0.2, 0) is 0 Å². The highest BCUT2D eigenvalue weighted by Crippen LogP contribution is 2.31. The van der Waals surface area contributed by atoms with E-state index in [-0.39, 0.29) is 6.61 Å². The summed E-state index contributed by atoms with van der Waals surface area (Å²) in [5.41, 5.74) is 0.658. The molecule has 1 N–H and O–H groups in total. The van der Waals surface area contributed by atoms with Crippen LogP contribution in [0.2, 0.25) is 0 Å². The number of nitrogens with zero attached hydrogens (tertiary/aromatic N) is 4. The Balaban J connectivity index is 1.73. The van der Waals surface area contributed by atoms with Gasteiger partial charge in [0.1, 0.15) is 11.9 Å². The van der Waals surface area contributed by atoms with Gasteiger partial charge < -0.3 is 10.0 Å². The number of aliphatic hydroxyl groups is 1. The minimum atomic E-state index is 0.274. The first-order chi connectivity index (χ1) is 9.83. The molecule has 2 unspecified atom stereocenters. The van der Waals surface area contributed by atoms with Crippen LogP contribution >= 0.6 is 0 Å². The number of anilines is 1. The van der Waals surface area contributed by atoms with Crippen LogP contribution in [0.15, 0.2) is 18.3 Å². The summed E-state index contributed by atoms with van der Waals surface area (Å²) in [6.45, 7) is 3.12. The third-order valence-electron chi connectivity index (χ3n) is 4.50. The highest BCUT2D eigenvalue weighted by atomic mass is 16.3. The monoisotopic (exact) mass is 272 g/mol. The minimum absolute atomic E-state index is 0.274. The predicted octanol–water partition coefficient (Wildman–Crippen LogP) is 0.989. The zero-order valence-corrected chi connectivity index (χ0v) is 11.6. The van der Waals surface area contributed by atoms with Gasteiger partial charge in [-0.3, -0.25) is 4.90 Å². The summed E-state index contributed by atoms with van der Waals surface area (Å²) >= 11 is 0. The number of rotatable bonds is 3. The van der Waals surface area contributed by atoms with Crippen molar-refractivity contribution < 1.29 is 5.11 Å². The number of aliphatic hydroxyl groups excluding tert-OH is 1. The molecular formula is C15H20N4O. The van der Waals surface area contributed by atoms with Crippen LogP contribution < -0.4 is 4.90 Å². The number of nitriles is 1. The predicted molar refractivity (Wildman–Crippen MR) is 76.4 cm³/mol. The van der Waals surface area contributed by atoms with E-state index in [2.05, 4.69) is 20.9 Å². The van der Waals surface area contributed by atoms with E-state index in [1.807, 2.05) is 12.1 Å². The van der Waals surface area contributed by atoms with E-state index in [0.717, 1.165) is 31.9 Å². The summed E-state index contributed by atoms with van der Waals surface area (Å²) in [5, 5.41) is 18.3. The molecule has 0 bridgehead atoms. The van der Waals surface area contributed by atoms with Crippen molar-refractivity contribution in [2.45, 2.75) is 31.3 Å². The Labute approximate surface area is 119 Å². The molecule has 0 amide bonds. The van der Waals surface area contributed by atoms with Gasteiger partial charge in [0, 0.05) is 44.5 Å². The first-order valence-electron chi connectivity index (χ1n) is 7.30. The van der Waals surface area contributed by atoms with E-state index in [4.69, 9.17) is 5.11 Å². The van der Waals surface area contributed by atoms with Crippen molar-refractivity contribution in [2.24, 2.45) is 0 Å². The Bertz CT molecular complexity index is 513. The number of piperazine rings is 1. The second kappa shape index (κ2) is 5.78. The lowest BCUT2D eigenvalue weighted by Gasteiger charge is -2.40. The number of fused-ring (bicyclic) bond motifs is 1. The van der Waals surface area contributed by atoms with E-state index in [9.17, 15) is 5.26 Å². The van der Waals surface area contributed by atoms with E-state index < -0.39 is 0 Å². The van der Waals surface area contributed by atoms with Crippen LogP contribution in [-0.4, -0.2) is 53.3 Å². The molecule has 1 aromatic rings. The SMILES string of the molecule is N#Cc1cccnc1N1CCN2C(CCO)CCC2C1. The fourth-order valence-corrected chi connectivity index (χ4v) is 3.55. The Morgan fingerprint density at radius 3 is 3.10 bits per heavy atom. The molecule has 3 rings (SSSR count). The summed E-state index contributed by atoms with van der Waals surface area (Å²) in [6, 6.07) is 6.94. The molecule has 0 aromatic carbocycles. The largest absolute Gasteiger partial charge is 0.396 e. The normalized spacial score (nSPS) is 26.3. The van der Waals surface area contributed by atoms with Crippen molar-refractivity contribution in [2.75, 3.05) is 31.1 Å². The maximum Gasteiger partial charge on any atom is 0.146 e. The van der Waals surface area contributed by atoms with Gasteiger partial charge in [0.05, 0.1) is 5.56 Å². The molecule has 1 aromatic heterocycles. The molecule has 2 atom stereocenters. The van der Waals surface area contributed by atoms with Crippen LogP contribution in [0, 0.1) is 11.3 Å². The smallest absolute Gasteiger partial charge is 0.146 e. The minimum Gasteiger partial charge on any atom is -0.396 e. The van der Waals surface area contributed by atoms with E-state index in [1.165, 1.54) is 12.8 Å². The molecule has 5 heteroatoms. The van der Waals surface area contributed by atoms with Crippen LogP contribution in [0.3, 0.4) is 0 Å². The highest BCUT2D eigenvalue weighted by molar-refractivity contribution is 5.53. The highest BCUT2D eigenvalue weighted by Gasteiger charge is 2.37. The third kappa shape index (κ3) is 2.37. The van der Waals surface area contributed by atoms with Crippen molar-refractivity contribution in [3.8, 4) is 6.07 Å². The second-order valence-corrected chi connectivity index (χ2v) is 5.57. The number of hydrogen-bond acceptors (Lipinski definition) is 5.